The molecule has 0 aliphatic heterocycles. The van der Waals surface area contributed by atoms with Crippen LogP contribution in [0.1, 0.15) is 18.4 Å². The van der Waals surface area contributed by atoms with Crippen molar-refractivity contribution in [2.24, 2.45) is 0 Å². The van der Waals surface area contributed by atoms with E-state index in [1.807, 2.05) is 30.3 Å². The Hall–Kier alpha value is 0.440. The summed E-state index contributed by atoms with van der Waals surface area (Å²) in [7, 11) is -9.09. The van der Waals surface area contributed by atoms with Crippen molar-refractivity contribution in [2.75, 3.05) is 20.1 Å². The van der Waals surface area contributed by atoms with Crippen LogP contribution in [0, 0.1) is 0 Å². The van der Waals surface area contributed by atoms with Gasteiger partial charge in [0.15, 0.2) is 0 Å². The second-order valence-electron chi connectivity index (χ2n) is 5.50. The fourth-order valence-corrected chi connectivity index (χ4v) is 4.25. The molecule has 0 amide bonds. The molecule has 0 heterocycles. The molecule has 1 aromatic carbocycles. The van der Waals surface area contributed by atoms with Crippen LogP contribution in [0.2, 0.25) is 0 Å². The van der Waals surface area contributed by atoms with Crippen molar-refractivity contribution >= 4 is 15.2 Å². The molecular formula is C13H23NNaO7P2+. The monoisotopic (exact) mass is 390 g/mol. The Morgan fingerprint density at radius 2 is 1.50 bits per heavy atom. The Morgan fingerprint density at radius 3 is 1.96 bits per heavy atom. The van der Waals surface area contributed by atoms with Crippen LogP contribution in [0.25, 0.3) is 0 Å². The molecule has 11 heteroatoms. The molecule has 0 unspecified atom stereocenters. The van der Waals surface area contributed by atoms with E-state index in [1.165, 1.54) is 0 Å². The van der Waals surface area contributed by atoms with Gasteiger partial charge in [-0.1, -0.05) is 30.3 Å². The number of aliphatic hydroxyl groups is 1. The largest absolute Gasteiger partial charge is 1.00 e. The summed E-state index contributed by atoms with van der Waals surface area (Å²) >= 11 is 0. The van der Waals surface area contributed by atoms with Gasteiger partial charge in [-0.05, 0) is 32.0 Å². The molecule has 0 aliphatic rings. The van der Waals surface area contributed by atoms with Gasteiger partial charge in [0.25, 0.3) is 5.08 Å². The topological polar surface area (TPSA) is 139 Å². The SMILES string of the molecule is CN(CCCc1ccccc1)CCC(O)(P(=O)(O)O)P(=O)(O)O.[Na+]. The first-order valence-electron chi connectivity index (χ1n) is 7.03. The van der Waals surface area contributed by atoms with Gasteiger partial charge in [0.05, 0.1) is 0 Å². The zero-order chi connectivity index (χ0) is 17.7. The number of nitrogens with zero attached hydrogens (tertiary/aromatic N) is 1. The molecule has 1 rings (SSSR count). The van der Waals surface area contributed by atoms with E-state index in [-0.39, 0.29) is 36.1 Å². The zero-order valence-electron chi connectivity index (χ0n) is 13.8. The van der Waals surface area contributed by atoms with E-state index in [0.717, 1.165) is 18.4 Å². The minimum atomic E-state index is -5.37. The maximum atomic E-state index is 11.2. The molecule has 132 valence electrons. The van der Waals surface area contributed by atoms with E-state index < -0.39 is 26.7 Å². The molecule has 1 aromatic rings. The molecule has 0 saturated carbocycles. The third-order valence-electron chi connectivity index (χ3n) is 3.61. The maximum Gasteiger partial charge on any atom is 1.00 e. The van der Waals surface area contributed by atoms with Crippen molar-refractivity contribution in [3.05, 3.63) is 35.9 Å². The second kappa shape index (κ2) is 9.95. The first-order chi connectivity index (χ1) is 10.5. The molecule has 0 saturated heterocycles. The third-order valence-corrected chi connectivity index (χ3v) is 7.49. The summed E-state index contributed by atoms with van der Waals surface area (Å²) in [5.41, 5.74) is 1.16. The zero-order valence-corrected chi connectivity index (χ0v) is 17.6. The molecule has 0 bridgehead atoms. The van der Waals surface area contributed by atoms with E-state index in [2.05, 4.69) is 0 Å². The quantitative estimate of drug-likeness (QED) is 0.240. The predicted molar refractivity (Wildman–Crippen MR) is 85.9 cm³/mol. The first kappa shape index (κ1) is 24.4. The van der Waals surface area contributed by atoms with Gasteiger partial charge in [0, 0.05) is 13.0 Å². The first-order valence-corrected chi connectivity index (χ1v) is 10.3. The molecule has 8 nitrogen and oxygen atoms in total. The number of hydrogen-bond donors (Lipinski definition) is 5. The van der Waals surface area contributed by atoms with Crippen molar-refractivity contribution in [1.82, 2.24) is 4.90 Å². The van der Waals surface area contributed by atoms with E-state index in [4.69, 9.17) is 19.6 Å². The van der Waals surface area contributed by atoms with Gasteiger partial charge < -0.3 is 29.6 Å². The summed E-state index contributed by atoms with van der Waals surface area (Å²) in [6.07, 6.45) is 0.862. The van der Waals surface area contributed by atoms with Crippen molar-refractivity contribution in [1.29, 1.82) is 0 Å². The smallest absolute Gasteiger partial charge is 0.367 e. The normalized spacial score (nSPS) is 13.0. The van der Waals surface area contributed by atoms with Gasteiger partial charge in [-0.2, -0.15) is 0 Å². The van der Waals surface area contributed by atoms with E-state index in [1.54, 1.807) is 11.9 Å². The van der Waals surface area contributed by atoms with Crippen molar-refractivity contribution in [3.63, 3.8) is 0 Å². The molecule has 0 atom stereocenters. The number of hydrogen-bond acceptors (Lipinski definition) is 4. The van der Waals surface area contributed by atoms with Crippen molar-refractivity contribution in [3.8, 4) is 0 Å². The maximum absolute atomic E-state index is 11.2. The van der Waals surface area contributed by atoms with E-state index in [0.29, 0.717) is 6.54 Å². The molecule has 0 spiro atoms. The Morgan fingerprint density at radius 1 is 1.00 bits per heavy atom. The van der Waals surface area contributed by atoms with Crippen molar-refractivity contribution in [2.45, 2.75) is 24.3 Å². The summed E-state index contributed by atoms with van der Waals surface area (Å²) < 4.78 is 22.5. The molecule has 0 radical (unpaired) electrons. The third kappa shape index (κ3) is 6.98. The minimum Gasteiger partial charge on any atom is -0.367 e. The van der Waals surface area contributed by atoms with Crippen LogP contribution >= 0.6 is 15.2 Å². The van der Waals surface area contributed by atoms with Crippen LogP contribution in [-0.2, 0) is 15.6 Å². The van der Waals surface area contributed by atoms with Gasteiger partial charge in [-0.3, -0.25) is 9.13 Å². The molecule has 0 aliphatic carbocycles. The Kier molecular flexibility index (Phi) is 10.1. The summed E-state index contributed by atoms with van der Waals surface area (Å²) in [6, 6.07) is 9.75. The van der Waals surface area contributed by atoms with Gasteiger partial charge >= 0.3 is 44.7 Å². The fourth-order valence-electron chi connectivity index (χ4n) is 2.11. The summed E-state index contributed by atoms with van der Waals surface area (Å²) in [4.78, 5) is 37.9. The van der Waals surface area contributed by atoms with Crippen molar-refractivity contribution < 1.29 is 63.4 Å². The minimum absolute atomic E-state index is 0. The van der Waals surface area contributed by atoms with E-state index in [9.17, 15) is 14.2 Å². The van der Waals surface area contributed by atoms with Crippen LogP contribution in [-0.4, -0.2) is 54.8 Å². The number of benzene rings is 1. The average Bonchev–Trinajstić information content (AvgIpc) is 2.43. The van der Waals surface area contributed by atoms with Crippen LogP contribution in [0.3, 0.4) is 0 Å². The van der Waals surface area contributed by atoms with Crippen LogP contribution in [0.4, 0.5) is 0 Å². The Labute approximate surface area is 163 Å². The predicted octanol–water partition coefficient (Wildman–Crippen LogP) is -2.05. The van der Waals surface area contributed by atoms with Crippen LogP contribution in [0.15, 0.2) is 30.3 Å². The van der Waals surface area contributed by atoms with Crippen LogP contribution < -0.4 is 29.6 Å². The number of rotatable bonds is 9. The Bertz CT molecular complexity index is 567. The van der Waals surface area contributed by atoms with Crippen LogP contribution in [0.5, 0.6) is 0 Å². The standard InChI is InChI=1S/C13H23NO7P2.Na/c1-14(10-5-8-12-6-3-2-4-7-12)11-9-13(15,22(16,17)18)23(19,20)21;/h2-4,6-7,15H,5,8-11H2,1H3,(H2,16,17,18)(H2,19,20,21);/q;+1. The van der Waals surface area contributed by atoms with Gasteiger partial charge in [0.2, 0.25) is 0 Å². The van der Waals surface area contributed by atoms with Gasteiger partial charge in [0.1, 0.15) is 0 Å². The molecular weight excluding hydrogens is 367 g/mol. The summed E-state index contributed by atoms with van der Waals surface area (Å²) in [5.74, 6) is 0. The molecule has 5 N–H and O–H groups in total. The molecule has 24 heavy (non-hydrogen) atoms. The number of aryl methyl sites for hydroxylation is 1. The molecule has 0 fully saturated rings. The second-order valence-corrected chi connectivity index (χ2v) is 9.51. The van der Waals surface area contributed by atoms with Gasteiger partial charge in [-0.15, -0.1) is 0 Å². The van der Waals surface area contributed by atoms with E-state index >= 15 is 0 Å². The average molecular weight is 390 g/mol. The van der Waals surface area contributed by atoms with Gasteiger partial charge in [-0.25, -0.2) is 0 Å². The fraction of sp³-hybridized carbons (Fsp3) is 0.538. The molecule has 0 aromatic heterocycles. The summed E-state index contributed by atoms with van der Waals surface area (Å²) in [6.45, 7) is 0.509. The Balaban J connectivity index is 0.00000529. The summed E-state index contributed by atoms with van der Waals surface area (Å²) in [5, 5.41) is 6.44.